The lowest BCUT2D eigenvalue weighted by Gasteiger charge is -2.23. The highest BCUT2D eigenvalue weighted by Crippen LogP contribution is 2.25. The van der Waals surface area contributed by atoms with Gasteiger partial charge >= 0.3 is 0 Å². The number of carbonyl (C=O) groups is 1. The molecule has 0 saturated carbocycles. The van der Waals surface area contributed by atoms with Gasteiger partial charge in [0.05, 0.1) is 6.04 Å². The second-order valence-electron chi connectivity index (χ2n) is 7.75. The Hall–Kier alpha value is -2.29. The molecule has 0 aliphatic heterocycles. The molecule has 1 aliphatic carbocycles. The van der Waals surface area contributed by atoms with Gasteiger partial charge in [0.1, 0.15) is 5.75 Å². The van der Waals surface area contributed by atoms with Crippen molar-refractivity contribution in [3.63, 3.8) is 0 Å². The van der Waals surface area contributed by atoms with E-state index in [1.54, 1.807) is 0 Å². The second kappa shape index (κ2) is 8.60. The van der Waals surface area contributed by atoms with Crippen molar-refractivity contribution >= 4 is 5.91 Å². The predicted octanol–water partition coefficient (Wildman–Crippen LogP) is 5.22. The first-order valence-corrected chi connectivity index (χ1v) is 10.1. The van der Waals surface area contributed by atoms with Gasteiger partial charge in [0.15, 0.2) is 6.10 Å². The van der Waals surface area contributed by atoms with E-state index in [-0.39, 0.29) is 11.9 Å². The summed E-state index contributed by atoms with van der Waals surface area (Å²) in [6, 6.07) is 12.7. The quantitative estimate of drug-likeness (QED) is 0.762. The van der Waals surface area contributed by atoms with Gasteiger partial charge in [0.25, 0.3) is 5.91 Å². The highest BCUT2D eigenvalue weighted by molar-refractivity contribution is 5.81. The average Bonchev–Trinajstić information content (AvgIpc) is 2.68. The topological polar surface area (TPSA) is 38.3 Å². The number of carbonyl (C=O) groups excluding carboxylic acids is 1. The Morgan fingerprint density at radius 2 is 1.81 bits per heavy atom. The van der Waals surface area contributed by atoms with Crippen LogP contribution >= 0.6 is 0 Å². The van der Waals surface area contributed by atoms with Crippen molar-refractivity contribution in [2.45, 2.75) is 71.9 Å². The van der Waals surface area contributed by atoms with E-state index in [1.807, 2.05) is 39.8 Å². The van der Waals surface area contributed by atoms with Crippen LogP contribution in [0.4, 0.5) is 0 Å². The smallest absolute Gasteiger partial charge is 0.261 e. The largest absolute Gasteiger partial charge is 0.480 e. The van der Waals surface area contributed by atoms with Crippen molar-refractivity contribution in [1.82, 2.24) is 5.32 Å². The van der Waals surface area contributed by atoms with Crippen LogP contribution < -0.4 is 10.1 Å². The number of fused-ring (bicyclic) bond motifs is 1. The molecule has 3 rings (SSSR count). The molecule has 0 heterocycles. The van der Waals surface area contributed by atoms with Crippen molar-refractivity contribution in [1.29, 1.82) is 0 Å². The van der Waals surface area contributed by atoms with Crippen molar-refractivity contribution in [2.75, 3.05) is 0 Å². The van der Waals surface area contributed by atoms with Crippen LogP contribution in [0, 0.1) is 13.8 Å². The predicted molar refractivity (Wildman–Crippen MR) is 110 cm³/mol. The van der Waals surface area contributed by atoms with Crippen LogP contribution in [0.15, 0.2) is 36.4 Å². The number of hydrogen-bond donors (Lipinski definition) is 1. The second-order valence-corrected chi connectivity index (χ2v) is 7.75. The summed E-state index contributed by atoms with van der Waals surface area (Å²) >= 11 is 0. The van der Waals surface area contributed by atoms with E-state index < -0.39 is 6.10 Å². The fraction of sp³-hybridized carbons (Fsp3) is 0.458. The average molecular weight is 366 g/mol. The van der Waals surface area contributed by atoms with E-state index in [0.717, 1.165) is 23.3 Å². The maximum absolute atomic E-state index is 12.8. The molecule has 2 unspecified atom stereocenters. The van der Waals surface area contributed by atoms with E-state index in [0.29, 0.717) is 6.42 Å². The van der Waals surface area contributed by atoms with Crippen LogP contribution in [-0.2, 0) is 17.6 Å². The summed E-state index contributed by atoms with van der Waals surface area (Å²) in [5, 5.41) is 3.14. The molecule has 27 heavy (non-hydrogen) atoms. The molecular formula is C24H31NO2. The molecular weight excluding hydrogens is 334 g/mol. The van der Waals surface area contributed by atoms with Gasteiger partial charge in [-0.3, -0.25) is 4.79 Å². The number of nitrogens with one attached hydrogen (secondary N) is 1. The van der Waals surface area contributed by atoms with Crippen LogP contribution in [0.2, 0.25) is 0 Å². The van der Waals surface area contributed by atoms with Gasteiger partial charge in [0, 0.05) is 0 Å². The molecule has 2 aromatic carbocycles. The normalized spacial score (nSPS) is 15.6. The first kappa shape index (κ1) is 19.5. The molecule has 0 radical (unpaired) electrons. The standard InChI is InChI=1S/C24H31NO2/c1-5-22(27-23-14-16(2)10-11-17(23)3)24(26)25-18(4)20-13-12-19-8-6-7-9-21(19)15-20/h10-15,18,22H,5-9H2,1-4H3,(H,25,26). The molecule has 0 spiro atoms. The Labute approximate surface area is 163 Å². The lowest BCUT2D eigenvalue weighted by molar-refractivity contribution is -0.128. The van der Waals surface area contributed by atoms with Crippen LogP contribution in [0.5, 0.6) is 5.75 Å². The highest BCUT2D eigenvalue weighted by Gasteiger charge is 2.22. The summed E-state index contributed by atoms with van der Waals surface area (Å²) in [7, 11) is 0. The van der Waals surface area contributed by atoms with Crippen LogP contribution in [0.3, 0.4) is 0 Å². The van der Waals surface area contributed by atoms with E-state index in [1.165, 1.54) is 36.0 Å². The molecule has 3 heteroatoms. The molecule has 3 nitrogen and oxygen atoms in total. The van der Waals surface area contributed by atoms with E-state index in [9.17, 15) is 4.79 Å². The molecule has 1 N–H and O–H groups in total. The molecule has 1 aliphatic rings. The third-order valence-corrected chi connectivity index (χ3v) is 5.51. The molecule has 144 valence electrons. The lowest BCUT2D eigenvalue weighted by atomic mass is 9.89. The first-order chi connectivity index (χ1) is 13.0. The summed E-state index contributed by atoms with van der Waals surface area (Å²) in [4.78, 5) is 12.8. The molecule has 1 amide bonds. The molecule has 0 bridgehead atoms. The summed E-state index contributed by atoms with van der Waals surface area (Å²) in [5.74, 6) is 0.738. The minimum absolute atomic E-state index is 0.0269. The van der Waals surface area contributed by atoms with Gasteiger partial charge in [-0.1, -0.05) is 37.3 Å². The monoisotopic (exact) mass is 365 g/mol. The van der Waals surface area contributed by atoms with E-state index in [4.69, 9.17) is 4.74 Å². The molecule has 0 saturated heterocycles. The summed E-state index contributed by atoms with van der Waals surface area (Å²) < 4.78 is 6.05. The van der Waals surface area contributed by atoms with Gasteiger partial charge in [-0.05, 0) is 86.8 Å². The Kier molecular flexibility index (Phi) is 6.20. The number of rotatable bonds is 6. The fourth-order valence-electron chi connectivity index (χ4n) is 3.72. The van der Waals surface area contributed by atoms with Gasteiger partial charge in [-0.15, -0.1) is 0 Å². The van der Waals surface area contributed by atoms with Crippen molar-refractivity contribution in [3.8, 4) is 5.75 Å². The van der Waals surface area contributed by atoms with Crippen molar-refractivity contribution in [3.05, 3.63) is 64.2 Å². The van der Waals surface area contributed by atoms with E-state index in [2.05, 4.69) is 29.6 Å². The Balaban J connectivity index is 1.68. The maximum atomic E-state index is 12.8. The molecule has 2 aromatic rings. The summed E-state index contributed by atoms with van der Waals surface area (Å²) in [5.41, 5.74) is 6.26. The summed E-state index contributed by atoms with van der Waals surface area (Å²) in [6.07, 6.45) is 5.03. The zero-order valence-electron chi connectivity index (χ0n) is 17.0. The molecule has 0 aromatic heterocycles. The van der Waals surface area contributed by atoms with E-state index >= 15 is 0 Å². The van der Waals surface area contributed by atoms with Gasteiger partial charge in [0.2, 0.25) is 0 Å². The number of hydrogen-bond acceptors (Lipinski definition) is 2. The van der Waals surface area contributed by atoms with Crippen LogP contribution in [0.25, 0.3) is 0 Å². The van der Waals surface area contributed by atoms with Gasteiger partial charge in [-0.25, -0.2) is 0 Å². The maximum Gasteiger partial charge on any atom is 0.261 e. The number of ether oxygens (including phenoxy) is 1. The zero-order valence-corrected chi connectivity index (χ0v) is 17.0. The SMILES string of the molecule is CCC(Oc1cc(C)ccc1C)C(=O)NC(C)c1ccc2c(c1)CCCC2. The first-order valence-electron chi connectivity index (χ1n) is 10.1. The zero-order chi connectivity index (χ0) is 19.4. The number of amides is 1. The third-order valence-electron chi connectivity index (χ3n) is 5.51. The minimum atomic E-state index is -0.481. The Morgan fingerprint density at radius 1 is 1.07 bits per heavy atom. The Morgan fingerprint density at radius 3 is 2.56 bits per heavy atom. The number of benzene rings is 2. The summed E-state index contributed by atoms with van der Waals surface area (Å²) in [6.45, 7) is 8.08. The van der Waals surface area contributed by atoms with Crippen LogP contribution in [0.1, 0.15) is 67.0 Å². The third kappa shape index (κ3) is 4.71. The highest BCUT2D eigenvalue weighted by atomic mass is 16.5. The fourth-order valence-corrected chi connectivity index (χ4v) is 3.72. The lowest BCUT2D eigenvalue weighted by Crippen LogP contribution is -2.39. The van der Waals surface area contributed by atoms with Crippen LogP contribution in [-0.4, -0.2) is 12.0 Å². The Bertz CT molecular complexity index is 812. The minimum Gasteiger partial charge on any atom is -0.480 e. The van der Waals surface area contributed by atoms with Gasteiger partial charge in [-0.2, -0.15) is 0 Å². The molecule has 0 fully saturated rings. The van der Waals surface area contributed by atoms with Crippen molar-refractivity contribution in [2.24, 2.45) is 0 Å². The van der Waals surface area contributed by atoms with Gasteiger partial charge < -0.3 is 10.1 Å². The molecule has 2 atom stereocenters. The van der Waals surface area contributed by atoms with Crippen molar-refractivity contribution < 1.29 is 9.53 Å². The number of aryl methyl sites for hydroxylation is 4.